The standard InChI is InChI=1S/C14H28ClN/c1-3-13(4-2)12-16(11-10-15)14-8-6-5-7-9-14/h13-14H,3-12H2,1-2H3. The molecule has 0 heterocycles. The number of hydrogen-bond acceptors (Lipinski definition) is 1. The molecule has 1 rings (SSSR count). The Morgan fingerprint density at radius 1 is 1.12 bits per heavy atom. The summed E-state index contributed by atoms with van der Waals surface area (Å²) in [6.45, 7) is 6.98. The topological polar surface area (TPSA) is 3.24 Å². The van der Waals surface area contributed by atoms with Crippen molar-refractivity contribution >= 4 is 11.6 Å². The number of nitrogens with zero attached hydrogens (tertiary/aromatic N) is 1. The van der Waals surface area contributed by atoms with Gasteiger partial charge in [0.05, 0.1) is 0 Å². The molecular formula is C14H28ClN. The predicted octanol–water partition coefficient (Wildman–Crippen LogP) is 4.30. The molecule has 0 bridgehead atoms. The summed E-state index contributed by atoms with van der Waals surface area (Å²) in [7, 11) is 0. The van der Waals surface area contributed by atoms with E-state index in [9.17, 15) is 0 Å². The van der Waals surface area contributed by atoms with Crippen LogP contribution >= 0.6 is 11.6 Å². The molecule has 1 aliphatic rings. The first-order valence-electron chi connectivity index (χ1n) is 7.11. The van der Waals surface area contributed by atoms with Crippen LogP contribution in [0.4, 0.5) is 0 Å². The minimum absolute atomic E-state index is 0.788. The number of alkyl halides is 1. The summed E-state index contributed by atoms with van der Waals surface area (Å²) >= 11 is 5.94. The average molecular weight is 246 g/mol. The molecule has 16 heavy (non-hydrogen) atoms. The van der Waals surface area contributed by atoms with Gasteiger partial charge in [-0.25, -0.2) is 0 Å². The highest BCUT2D eigenvalue weighted by Crippen LogP contribution is 2.24. The van der Waals surface area contributed by atoms with Crippen LogP contribution in [0.3, 0.4) is 0 Å². The fourth-order valence-corrected chi connectivity index (χ4v) is 3.07. The molecule has 0 aliphatic heterocycles. The van der Waals surface area contributed by atoms with Crippen LogP contribution in [0.15, 0.2) is 0 Å². The first-order chi connectivity index (χ1) is 7.81. The van der Waals surface area contributed by atoms with Gasteiger partial charge < -0.3 is 0 Å². The van der Waals surface area contributed by atoms with Gasteiger partial charge in [-0.3, -0.25) is 4.90 Å². The van der Waals surface area contributed by atoms with Crippen molar-refractivity contribution in [3.05, 3.63) is 0 Å². The molecule has 0 spiro atoms. The van der Waals surface area contributed by atoms with Gasteiger partial charge in [0, 0.05) is 25.0 Å². The lowest BCUT2D eigenvalue weighted by molar-refractivity contribution is 0.138. The SMILES string of the molecule is CCC(CC)CN(CCCl)C1CCCCC1. The van der Waals surface area contributed by atoms with Gasteiger partial charge in [0.2, 0.25) is 0 Å². The largest absolute Gasteiger partial charge is 0.299 e. The Hall–Kier alpha value is 0.250. The normalized spacial score (nSPS) is 18.6. The summed E-state index contributed by atoms with van der Waals surface area (Å²) in [6.07, 6.45) is 9.70. The van der Waals surface area contributed by atoms with Gasteiger partial charge in [-0.05, 0) is 18.8 Å². The first-order valence-corrected chi connectivity index (χ1v) is 7.65. The third kappa shape index (κ3) is 4.63. The molecule has 0 saturated heterocycles. The minimum Gasteiger partial charge on any atom is -0.299 e. The van der Waals surface area contributed by atoms with Crippen LogP contribution in [-0.2, 0) is 0 Å². The van der Waals surface area contributed by atoms with E-state index in [1.807, 2.05) is 0 Å². The van der Waals surface area contributed by atoms with Crippen LogP contribution < -0.4 is 0 Å². The maximum Gasteiger partial charge on any atom is 0.0351 e. The van der Waals surface area contributed by atoms with Crippen molar-refractivity contribution < 1.29 is 0 Å². The van der Waals surface area contributed by atoms with Crippen molar-refractivity contribution in [1.82, 2.24) is 4.90 Å². The molecule has 1 fully saturated rings. The maximum absolute atomic E-state index is 5.94. The Kier molecular flexibility index (Phi) is 7.47. The Balaban J connectivity index is 2.44. The van der Waals surface area contributed by atoms with Gasteiger partial charge in [-0.2, -0.15) is 0 Å². The van der Waals surface area contributed by atoms with E-state index in [1.54, 1.807) is 0 Å². The second kappa shape index (κ2) is 8.36. The van der Waals surface area contributed by atoms with Crippen LogP contribution in [0.25, 0.3) is 0 Å². The first kappa shape index (κ1) is 14.3. The average Bonchev–Trinajstić information content (AvgIpc) is 2.35. The summed E-state index contributed by atoms with van der Waals surface area (Å²) in [6, 6.07) is 0.827. The van der Waals surface area contributed by atoms with E-state index in [0.29, 0.717) is 0 Å². The molecule has 1 nitrogen and oxygen atoms in total. The molecular weight excluding hydrogens is 218 g/mol. The maximum atomic E-state index is 5.94. The van der Waals surface area contributed by atoms with Gasteiger partial charge in [0.1, 0.15) is 0 Å². The number of halogens is 1. The van der Waals surface area contributed by atoms with E-state index in [-0.39, 0.29) is 0 Å². The highest BCUT2D eigenvalue weighted by Gasteiger charge is 2.22. The van der Waals surface area contributed by atoms with Gasteiger partial charge in [-0.1, -0.05) is 46.0 Å². The Bertz CT molecular complexity index is 162. The molecule has 1 saturated carbocycles. The highest BCUT2D eigenvalue weighted by molar-refractivity contribution is 6.18. The molecule has 0 unspecified atom stereocenters. The lowest BCUT2D eigenvalue weighted by Crippen LogP contribution is -2.41. The van der Waals surface area contributed by atoms with Gasteiger partial charge in [0.25, 0.3) is 0 Å². The predicted molar refractivity (Wildman–Crippen MR) is 73.2 cm³/mol. The molecule has 96 valence electrons. The summed E-state index contributed by atoms with van der Waals surface area (Å²) in [5, 5.41) is 0. The van der Waals surface area contributed by atoms with E-state index in [0.717, 1.165) is 24.4 Å². The summed E-state index contributed by atoms with van der Waals surface area (Å²) in [5.74, 6) is 1.65. The molecule has 0 atom stereocenters. The smallest absolute Gasteiger partial charge is 0.0351 e. The Labute approximate surface area is 107 Å². The van der Waals surface area contributed by atoms with E-state index >= 15 is 0 Å². The van der Waals surface area contributed by atoms with Crippen LogP contribution in [0, 0.1) is 5.92 Å². The zero-order chi connectivity index (χ0) is 11.8. The van der Waals surface area contributed by atoms with Crippen molar-refractivity contribution in [2.24, 2.45) is 5.92 Å². The zero-order valence-electron chi connectivity index (χ0n) is 11.1. The van der Waals surface area contributed by atoms with Crippen molar-refractivity contribution in [2.75, 3.05) is 19.0 Å². The second-order valence-electron chi connectivity index (χ2n) is 5.16. The summed E-state index contributed by atoms with van der Waals surface area (Å²) in [4.78, 5) is 2.67. The number of hydrogen-bond donors (Lipinski definition) is 0. The monoisotopic (exact) mass is 245 g/mol. The van der Waals surface area contributed by atoms with Crippen LogP contribution in [0.2, 0.25) is 0 Å². The molecule has 0 amide bonds. The van der Waals surface area contributed by atoms with Crippen molar-refractivity contribution in [1.29, 1.82) is 0 Å². The third-order valence-corrected chi connectivity index (χ3v) is 4.28. The highest BCUT2D eigenvalue weighted by atomic mass is 35.5. The zero-order valence-corrected chi connectivity index (χ0v) is 11.8. The van der Waals surface area contributed by atoms with E-state index in [2.05, 4.69) is 18.7 Å². The molecule has 0 aromatic heterocycles. The number of rotatable bonds is 7. The van der Waals surface area contributed by atoms with Gasteiger partial charge >= 0.3 is 0 Å². The molecule has 0 aromatic rings. The van der Waals surface area contributed by atoms with E-state index < -0.39 is 0 Å². The molecule has 0 radical (unpaired) electrons. The minimum atomic E-state index is 0.788. The third-order valence-electron chi connectivity index (χ3n) is 4.11. The molecule has 1 aliphatic carbocycles. The van der Waals surface area contributed by atoms with Crippen LogP contribution in [0.1, 0.15) is 58.8 Å². The van der Waals surface area contributed by atoms with E-state index in [1.165, 1.54) is 51.5 Å². The molecule has 0 aromatic carbocycles. The lowest BCUT2D eigenvalue weighted by Gasteiger charge is -2.36. The van der Waals surface area contributed by atoms with Crippen molar-refractivity contribution in [3.63, 3.8) is 0 Å². The lowest BCUT2D eigenvalue weighted by atomic mass is 9.92. The Morgan fingerprint density at radius 3 is 2.25 bits per heavy atom. The van der Waals surface area contributed by atoms with Crippen molar-refractivity contribution in [2.45, 2.75) is 64.8 Å². The van der Waals surface area contributed by atoms with E-state index in [4.69, 9.17) is 11.6 Å². The molecule has 2 heteroatoms. The van der Waals surface area contributed by atoms with Crippen LogP contribution in [-0.4, -0.2) is 29.9 Å². The summed E-state index contributed by atoms with van der Waals surface area (Å²) < 4.78 is 0. The van der Waals surface area contributed by atoms with Crippen molar-refractivity contribution in [3.8, 4) is 0 Å². The van der Waals surface area contributed by atoms with Gasteiger partial charge in [0.15, 0.2) is 0 Å². The Morgan fingerprint density at radius 2 is 1.75 bits per heavy atom. The van der Waals surface area contributed by atoms with Crippen LogP contribution in [0.5, 0.6) is 0 Å². The fourth-order valence-electron chi connectivity index (χ4n) is 2.86. The molecule has 0 N–H and O–H groups in total. The quantitative estimate of drug-likeness (QED) is 0.605. The fraction of sp³-hybridized carbons (Fsp3) is 1.00. The summed E-state index contributed by atoms with van der Waals surface area (Å²) in [5.41, 5.74) is 0. The van der Waals surface area contributed by atoms with Gasteiger partial charge in [-0.15, -0.1) is 11.6 Å². The second-order valence-corrected chi connectivity index (χ2v) is 5.54.